The Morgan fingerprint density at radius 3 is 2.72 bits per heavy atom. The molecule has 0 saturated carbocycles. The molecule has 0 saturated heterocycles. The molecule has 2 N–H and O–H groups in total. The highest BCUT2D eigenvalue weighted by Crippen LogP contribution is 2.20. The molecule has 3 aromatic rings. The summed E-state index contributed by atoms with van der Waals surface area (Å²) in [5, 5.41) is 20.0. The molecule has 25 heavy (non-hydrogen) atoms. The van der Waals surface area contributed by atoms with Crippen LogP contribution in [0.5, 0.6) is 0 Å². The van der Waals surface area contributed by atoms with Crippen LogP contribution in [-0.4, -0.2) is 36.5 Å². The Morgan fingerprint density at radius 1 is 1.24 bits per heavy atom. The summed E-state index contributed by atoms with van der Waals surface area (Å²) in [7, 11) is 1.54. The number of carbonyl (C=O) groups is 2. The van der Waals surface area contributed by atoms with E-state index < -0.39 is 5.97 Å². The number of amides is 1. The topological polar surface area (TPSA) is 102 Å². The molecule has 8 nitrogen and oxygen atoms in total. The number of hydrogen-bond donors (Lipinski definition) is 2. The molecule has 9 heteroatoms. The molecule has 0 bridgehead atoms. The normalized spacial score (nSPS) is 10.6. The Morgan fingerprint density at radius 2 is 2.00 bits per heavy atom. The van der Waals surface area contributed by atoms with E-state index in [0.717, 1.165) is 10.2 Å². The molecule has 1 aromatic carbocycles. The van der Waals surface area contributed by atoms with Gasteiger partial charge in [-0.05, 0) is 28.1 Å². The van der Waals surface area contributed by atoms with Gasteiger partial charge in [0.1, 0.15) is 0 Å². The van der Waals surface area contributed by atoms with Crippen LogP contribution in [0.2, 0.25) is 0 Å². The number of hydrogen-bond acceptors (Lipinski definition) is 4. The molecule has 0 aliphatic carbocycles. The maximum Gasteiger partial charge on any atom is 0.354 e. The van der Waals surface area contributed by atoms with Gasteiger partial charge in [-0.15, -0.1) is 0 Å². The Balaban J connectivity index is 1.73. The lowest BCUT2D eigenvalue weighted by Gasteiger charge is -2.04. The Labute approximate surface area is 151 Å². The highest BCUT2D eigenvalue weighted by Gasteiger charge is 2.17. The van der Waals surface area contributed by atoms with E-state index in [1.165, 1.54) is 24.1 Å². The van der Waals surface area contributed by atoms with Crippen molar-refractivity contribution in [2.24, 2.45) is 7.05 Å². The van der Waals surface area contributed by atoms with Crippen molar-refractivity contribution in [3.63, 3.8) is 0 Å². The highest BCUT2D eigenvalue weighted by molar-refractivity contribution is 9.10. The number of benzene rings is 1. The van der Waals surface area contributed by atoms with Crippen LogP contribution in [0.3, 0.4) is 0 Å². The second-order valence-corrected chi connectivity index (χ2v) is 6.11. The fourth-order valence-electron chi connectivity index (χ4n) is 2.38. The summed E-state index contributed by atoms with van der Waals surface area (Å²) in [5.41, 5.74) is 1.66. The van der Waals surface area contributed by atoms with E-state index in [9.17, 15) is 14.7 Å². The monoisotopic (exact) mass is 403 g/mol. The van der Waals surface area contributed by atoms with E-state index in [0.29, 0.717) is 11.1 Å². The van der Waals surface area contributed by atoms with Crippen molar-refractivity contribution in [3.05, 3.63) is 64.1 Å². The molecule has 2 aromatic heterocycles. The van der Waals surface area contributed by atoms with E-state index in [2.05, 4.69) is 31.4 Å². The third-order valence-corrected chi connectivity index (χ3v) is 4.27. The zero-order valence-electron chi connectivity index (χ0n) is 13.2. The van der Waals surface area contributed by atoms with Crippen LogP contribution in [0.25, 0.3) is 5.69 Å². The number of halogens is 1. The van der Waals surface area contributed by atoms with Gasteiger partial charge in [-0.1, -0.05) is 12.1 Å². The zero-order valence-corrected chi connectivity index (χ0v) is 14.8. The van der Waals surface area contributed by atoms with Crippen LogP contribution in [-0.2, 0) is 13.6 Å². The fourth-order valence-corrected chi connectivity index (χ4v) is 2.84. The standard InChI is InChI=1S/C16H14BrN5O3/c1-21-14(16(24)25)10(7-19-21)6-18-15(23)11-8-20-22(9-11)13-5-3-2-4-12(13)17/h2-5,7-9H,6H2,1H3,(H,18,23)(H,24,25). The van der Waals surface area contributed by atoms with Gasteiger partial charge in [0.15, 0.2) is 5.69 Å². The minimum atomic E-state index is -1.09. The van der Waals surface area contributed by atoms with Gasteiger partial charge in [0.05, 0.1) is 23.6 Å². The quantitative estimate of drug-likeness (QED) is 0.677. The minimum Gasteiger partial charge on any atom is -0.477 e. The second kappa shape index (κ2) is 6.89. The number of nitrogens with zero attached hydrogens (tertiary/aromatic N) is 4. The molecule has 0 radical (unpaired) electrons. The first kappa shape index (κ1) is 16.9. The number of carboxylic acids is 1. The number of carboxylic acid groups (broad SMARTS) is 1. The first-order chi connectivity index (χ1) is 12.0. The molecule has 128 valence electrons. The van der Waals surface area contributed by atoms with Crippen molar-refractivity contribution in [3.8, 4) is 5.69 Å². The maximum absolute atomic E-state index is 12.3. The average Bonchev–Trinajstić information content (AvgIpc) is 3.20. The van der Waals surface area contributed by atoms with Gasteiger partial charge in [0, 0.05) is 29.8 Å². The number of aromatic nitrogens is 4. The highest BCUT2D eigenvalue weighted by atomic mass is 79.9. The van der Waals surface area contributed by atoms with Crippen molar-refractivity contribution in [2.45, 2.75) is 6.54 Å². The maximum atomic E-state index is 12.3. The smallest absolute Gasteiger partial charge is 0.354 e. The third-order valence-electron chi connectivity index (χ3n) is 3.60. The molecule has 0 fully saturated rings. The summed E-state index contributed by atoms with van der Waals surface area (Å²) in [6.07, 6.45) is 4.49. The van der Waals surface area contributed by atoms with Crippen molar-refractivity contribution in [2.75, 3.05) is 0 Å². The Kier molecular flexibility index (Phi) is 4.66. The lowest BCUT2D eigenvalue weighted by molar-refractivity contribution is 0.0682. The van der Waals surface area contributed by atoms with E-state index in [-0.39, 0.29) is 18.1 Å². The van der Waals surface area contributed by atoms with Crippen molar-refractivity contribution in [1.82, 2.24) is 24.9 Å². The van der Waals surface area contributed by atoms with E-state index in [1.807, 2.05) is 24.3 Å². The number of para-hydroxylation sites is 1. The number of carbonyl (C=O) groups excluding carboxylic acids is 1. The molecule has 0 aliphatic heterocycles. The molecule has 0 spiro atoms. The molecule has 3 rings (SSSR count). The van der Waals surface area contributed by atoms with Crippen LogP contribution in [0, 0.1) is 0 Å². The summed E-state index contributed by atoms with van der Waals surface area (Å²) in [6, 6.07) is 7.51. The lowest BCUT2D eigenvalue weighted by Crippen LogP contribution is -2.23. The lowest BCUT2D eigenvalue weighted by atomic mass is 10.2. The van der Waals surface area contributed by atoms with E-state index in [4.69, 9.17) is 0 Å². The molecular weight excluding hydrogens is 390 g/mol. The van der Waals surface area contributed by atoms with Gasteiger partial charge in [0.25, 0.3) is 5.91 Å². The van der Waals surface area contributed by atoms with Crippen molar-refractivity contribution >= 4 is 27.8 Å². The number of aromatic carboxylic acids is 1. The van der Waals surface area contributed by atoms with Gasteiger partial charge in [-0.25, -0.2) is 9.48 Å². The molecule has 0 aliphatic rings. The van der Waals surface area contributed by atoms with Crippen LogP contribution >= 0.6 is 15.9 Å². The molecular formula is C16H14BrN5O3. The summed E-state index contributed by atoms with van der Waals surface area (Å²) < 4.78 is 3.70. The van der Waals surface area contributed by atoms with E-state index in [1.54, 1.807) is 10.9 Å². The number of aryl methyl sites for hydroxylation is 1. The van der Waals surface area contributed by atoms with Crippen LogP contribution in [0.4, 0.5) is 0 Å². The first-order valence-electron chi connectivity index (χ1n) is 7.29. The molecule has 1 amide bonds. The van der Waals surface area contributed by atoms with Crippen LogP contribution < -0.4 is 5.32 Å². The predicted molar refractivity (Wildman–Crippen MR) is 92.6 cm³/mol. The Hall–Kier alpha value is -2.94. The Bertz CT molecular complexity index is 947. The van der Waals surface area contributed by atoms with Gasteiger partial charge in [-0.2, -0.15) is 10.2 Å². The average molecular weight is 404 g/mol. The number of rotatable bonds is 5. The van der Waals surface area contributed by atoms with Crippen molar-refractivity contribution < 1.29 is 14.7 Å². The minimum absolute atomic E-state index is 0.0456. The molecule has 2 heterocycles. The number of nitrogens with one attached hydrogen (secondary N) is 1. The first-order valence-corrected chi connectivity index (χ1v) is 8.08. The summed E-state index contributed by atoms with van der Waals surface area (Å²) in [4.78, 5) is 23.5. The van der Waals surface area contributed by atoms with Crippen LogP contribution in [0.15, 0.2) is 47.3 Å². The van der Waals surface area contributed by atoms with Crippen molar-refractivity contribution in [1.29, 1.82) is 0 Å². The van der Waals surface area contributed by atoms with E-state index >= 15 is 0 Å². The SMILES string of the molecule is Cn1ncc(CNC(=O)c2cnn(-c3ccccc3Br)c2)c1C(=O)O. The predicted octanol–water partition coefficient (Wildman–Crippen LogP) is 2.00. The van der Waals surface area contributed by atoms with Gasteiger partial charge < -0.3 is 10.4 Å². The zero-order chi connectivity index (χ0) is 18.0. The summed E-state index contributed by atoms with van der Waals surface area (Å²) in [5.74, 6) is -1.44. The summed E-state index contributed by atoms with van der Waals surface area (Å²) in [6.45, 7) is 0.0640. The van der Waals surface area contributed by atoms with Gasteiger partial charge in [-0.3, -0.25) is 9.48 Å². The fraction of sp³-hybridized carbons (Fsp3) is 0.125. The molecule has 0 atom stereocenters. The largest absolute Gasteiger partial charge is 0.477 e. The summed E-state index contributed by atoms with van der Waals surface area (Å²) >= 11 is 3.44. The third kappa shape index (κ3) is 3.45. The second-order valence-electron chi connectivity index (χ2n) is 5.25. The van der Waals surface area contributed by atoms with Gasteiger partial charge in [0.2, 0.25) is 0 Å². The van der Waals surface area contributed by atoms with Crippen LogP contribution in [0.1, 0.15) is 26.4 Å². The van der Waals surface area contributed by atoms with Gasteiger partial charge >= 0.3 is 5.97 Å². The molecule has 0 unspecified atom stereocenters.